The molecule has 1 saturated heterocycles. The smallest absolute Gasteiger partial charge is 0.248 e. The van der Waals surface area contributed by atoms with Crippen molar-refractivity contribution in [3.63, 3.8) is 0 Å². The maximum absolute atomic E-state index is 13.5. The number of carbonyl (C=O) groups excluding carboxylic acids is 1. The van der Waals surface area contributed by atoms with E-state index in [0.717, 1.165) is 16.7 Å². The third-order valence-electron chi connectivity index (χ3n) is 6.61. The number of nitrogens with one attached hydrogen (secondary N) is 1. The molecule has 0 atom stereocenters. The first kappa shape index (κ1) is 25.6. The Balaban J connectivity index is 1.24. The number of aryl methyl sites for hydroxylation is 2. The lowest BCUT2D eigenvalue weighted by molar-refractivity contribution is -0.120. The molecule has 2 aromatic carbocycles. The van der Waals surface area contributed by atoms with E-state index in [1.807, 2.05) is 49.4 Å². The number of sulfonamides is 1. The topological polar surface area (TPSA) is 119 Å². The molecule has 1 aliphatic rings. The van der Waals surface area contributed by atoms with Gasteiger partial charge in [-0.3, -0.25) is 4.79 Å². The zero-order valence-electron chi connectivity index (χ0n) is 21.1. The van der Waals surface area contributed by atoms with Gasteiger partial charge in [0.05, 0.1) is 6.20 Å². The van der Waals surface area contributed by atoms with Crippen molar-refractivity contribution in [2.24, 2.45) is 5.92 Å². The molecule has 38 heavy (non-hydrogen) atoms. The van der Waals surface area contributed by atoms with Crippen LogP contribution in [-0.4, -0.2) is 42.0 Å². The number of benzene rings is 2. The van der Waals surface area contributed by atoms with Crippen LogP contribution in [0.2, 0.25) is 0 Å². The molecule has 1 aliphatic heterocycles. The SMILES string of the molecule is Cc1ccc(C=Cc2onc(C)c2S(=O)(=O)N2CCC(C(=O)Nc3cccc(-c4ccno4)c3)CC2)cc1. The highest BCUT2D eigenvalue weighted by molar-refractivity contribution is 7.89. The molecule has 1 fully saturated rings. The molecule has 0 aliphatic carbocycles. The number of hydrogen-bond donors (Lipinski definition) is 1. The van der Waals surface area contributed by atoms with Crippen molar-refractivity contribution in [3.8, 4) is 11.3 Å². The zero-order chi connectivity index (χ0) is 26.7. The van der Waals surface area contributed by atoms with Gasteiger partial charge in [0.2, 0.25) is 15.9 Å². The van der Waals surface area contributed by atoms with E-state index in [2.05, 4.69) is 15.6 Å². The average molecular weight is 533 g/mol. The second-order valence-electron chi connectivity index (χ2n) is 9.33. The molecule has 1 N–H and O–H groups in total. The fraction of sp³-hybridized carbons (Fsp3) is 0.250. The summed E-state index contributed by atoms with van der Waals surface area (Å²) in [7, 11) is -3.85. The van der Waals surface area contributed by atoms with Crippen molar-refractivity contribution >= 4 is 33.8 Å². The number of anilines is 1. The molecule has 0 bridgehead atoms. The van der Waals surface area contributed by atoms with Crippen LogP contribution in [0, 0.1) is 19.8 Å². The summed E-state index contributed by atoms with van der Waals surface area (Å²) in [5, 5.41) is 10.6. The second kappa shape index (κ2) is 10.8. The van der Waals surface area contributed by atoms with E-state index < -0.39 is 10.0 Å². The van der Waals surface area contributed by atoms with Gasteiger partial charge in [0.1, 0.15) is 5.69 Å². The number of piperidine rings is 1. The van der Waals surface area contributed by atoms with Gasteiger partial charge in [-0.05, 0) is 50.5 Å². The van der Waals surface area contributed by atoms with E-state index in [1.165, 1.54) is 4.31 Å². The van der Waals surface area contributed by atoms with Gasteiger partial charge in [-0.25, -0.2) is 8.42 Å². The summed E-state index contributed by atoms with van der Waals surface area (Å²) < 4.78 is 39.0. The molecular weight excluding hydrogens is 504 g/mol. The summed E-state index contributed by atoms with van der Waals surface area (Å²) in [6, 6.07) is 16.9. The van der Waals surface area contributed by atoms with E-state index in [-0.39, 0.29) is 35.6 Å². The number of hydrogen-bond acceptors (Lipinski definition) is 7. The Labute approximate surface area is 221 Å². The van der Waals surface area contributed by atoms with Crippen LogP contribution in [0.25, 0.3) is 23.5 Å². The van der Waals surface area contributed by atoms with E-state index in [4.69, 9.17) is 9.05 Å². The predicted octanol–water partition coefficient (Wildman–Crippen LogP) is 5.16. The third-order valence-corrected chi connectivity index (χ3v) is 8.67. The predicted molar refractivity (Wildman–Crippen MR) is 143 cm³/mol. The molecule has 1 amide bonds. The van der Waals surface area contributed by atoms with Crippen LogP contribution < -0.4 is 5.32 Å². The first-order chi connectivity index (χ1) is 18.3. The van der Waals surface area contributed by atoms with Gasteiger partial charge < -0.3 is 14.4 Å². The van der Waals surface area contributed by atoms with E-state index >= 15 is 0 Å². The molecule has 3 heterocycles. The molecule has 0 unspecified atom stereocenters. The van der Waals surface area contributed by atoms with Crippen LogP contribution in [0.1, 0.15) is 35.4 Å². The van der Waals surface area contributed by atoms with Crippen molar-refractivity contribution in [1.29, 1.82) is 0 Å². The minimum atomic E-state index is -3.85. The van der Waals surface area contributed by atoms with Gasteiger partial charge in [-0.2, -0.15) is 4.31 Å². The minimum absolute atomic E-state index is 0.0630. The van der Waals surface area contributed by atoms with Gasteiger partial charge in [-0.15, -0.1) is 0 Å². The van der Waals surface area contributed by atoms with Gasteiger partial charge in [-0.1, -0.05) is 58.4 Å². The normalized spacial score (nSPS) is 15.2. The van der Waals surface area contributed by atoms with Crippen molar-refractivity contribution in [3.05, 3.63) is 83.4 Å². The highest BCUT2D eigenvalue weighted by atomic mass is 32.2. The van der Waals surface area contributed by atoms with E-state index in [1.54, 1.807) is 37.4 Å². The lowest BCUT2D eigenvalue weighted by Crippen LogP contribution is -2.41. The molecule has 9 nitrogen and oxygen atoms in total. The van der Waals surface area contributed by atoms with Gasteiger partial charge in [0, 0.05) is 36.3 Å². The maximum Gasteiger partial charge on any atom is 0.248 e. The number of carbonyl (C=O) groups is 1. The molecule has 0 saturated carbocycles. The van der Waals surface area contributed by atoms with E-state index in [9.17, 15) is 13.2 Å². The Bertz CT molecular complexity index is 1550. The standard InChI is InChI=1S/C28H28N4O5S/c1-19-6-8-21(9-7-19)10-11-26-27(20(2)31-37-26)38(34,35)32-16-13-22(14-17-32)28(33)30-24-5-3-4-23(18-24)25-12-15-29-36-25/h3-12,15,18,22H,13-14,16-17H2,1-2H3,(H,30,33). The fourth-order valence-electron chi connectivity index (χ4n) is 4.49. The van der Waals surface area contributed by atoms with E-state index in [0.29, 0.717) is 30.0 Å². The first-order valence-corrected chi connectivity index (χ1v) is 13.8. The van der Waals surface area contributed by atoms with Crippen LogP contribution in [0.3, 0.4) is 0 Å². The lowest BCUT2D eigenvalue weighted by atomic mass is 9.97. The number of aromatic nitrogens is 2. The number of nitrogens with zero attached hydrogens (tertiary/aromatic N) is 3. The molecule has 0 radical (unpaired) electrons. The Morgan fingerprint density at radius 1 is 1.03 bits per heavy atom. The third kappa shape index (κ3) is 5.46. The van der Waals surface area contributed by atoms with Crippen LogP contribution in [-0.2, 0) is 14.8 Å². The number of amides is 1. The largest absolute Gasteiger partial charge is 0.356 e. The fourth-order valence-corrected chi connectivity index (χ4v) is 6.21. The molecular formula is C28H28N4O5S. The van der Waals surface area contributed by atoms with Crippen molar-refractivity contribution in [2.75, 3.05) is 18.4 Å². The quantitative estimate of drug-likeness (QED) is 0.349. The van der Waals surface area contributed by atoms with Gasteiger partial charge >= 0.3 is 0 Å². The van der Waals surface area contributed by atoms with Crippen molar-refractivity contribution in [1.82, 2.24) is 14.6 Å². The summed E-state index contributed by atoms with van der Waals surface area (Å²) in [6.45, 7) is 4.07. The second-order valence-corrected chi connectivity index (χ2v) is 11.2. The molecule has 2 aromatic heterocycles. The van der Waals surface area contributed by atoms with Gasteiger partial charge in [0.15, 0.2) is 16.4 Å². The Morgan fingerprint density at radius 3 is 2.50 bits per heavy atom. The van der Waals surface area contributed by atoms with Crippen LogP contribution in [0.5, 0.6) is 0 Å². The van der Waals surface area contributed by atoms with Crippen LogP contribution >= 0.6 is 0 Å². The summed E-state index contributed by atoms with van der Waals surface area (Å²) >= 11 is 0. The first-order valence-electron chi connectivity index (χ1n) is 12.3. The Kier molecular flexibility index (Phi) is 7.26. The monoisotopic (exact) mass is 532 g/mol. The summed E-state index contributed by atoms with van der Waals surface area (Å²) in [6.07, 6.45) is 5.81. The molecule has 0 spiro atoms. The highest BCUT2D eigenvalue weighted by Crippen LogP contribution is 2.30. The Morgan fingerprint density at radius 2 is 1.79 bits per heavy atom. The maximum atomic E-state index is 13.5. The van der Waals surface area contributed by atoms with Gasteiger partial charge in [0.25, 0.3) is 0 Å². The molecule has 196 valence electrons. The van der Waals surface area contributed by atoms with Crippen molar-refractivity contribution in [2.45, 2.75) is 31.6 Å². The van der Waals surface area contributed by atoms with Crippen molar-refractivity contribution < 1.29 is 22.3 Å². The number of rotatable bonds is 7. The zero-order valence-corrected chi connectivity index (χ0v) is 21.9. The highest BCUT2D eigenvalue weighted by Gasteiger charge is 2.36. The minimum Gasteiger partial charge on any atom is -0.356 e. The molecule has 4 aromatic rings. The average Bonchev–Trinajstić information content (AvgIpc) is 3.59. The van der Waals surface area contributed by atoms with Crippen LogP contribution in [0.4, 0.5) is 5.69 Å². The van der Waals surface area contributed by atoms with Crippen LogP contribution in [0.15, 0.2) is 74.7 Å². The molecule has 10 heteroatoms. The Hall–Kier alpha value is -4.02. The molecule has 5 rings (SSSR count). The summed E-state index contributed by atoms with van der Waals surface area (Å²) in [5.41, 5.74) is 3.81. The lowest BCUT2D eigenvalue weighted by Gasteiger charge is -2.30. The summed E-state index contributed by atoms with van der Waals surface area (Å²) in [5.74, 6) is 0.353. The summed E-state index contributed by atoms with van der Waals surface area (Å²) in [4.78, 5) is 13.0.